The zero-order valence-corrected chi connectivity index (χ0v) is 11.6. The molecular formula is C17H13N3O2. The summed E-state index contributed by atoms with van der Waals surface area (Å²) >= 11 is 0. The number of amides is 1. The average molecular weight is 291 g/mol. The zero-order chi connectivity index (χ0) is 15.2. The normalized spacial score (nSPS) is 10.7. The number of rotatable bonds is 4. The van der Waals surface area contributed by atoms with Crippen LogP contribution in [0.25, 0.3) is 17.3 Å². The van der Waals surface area contributed by atoms with Gasteiger partial charge in [0.1, 0.15) is 5.76 Å². The van der Waals surface area contributed by atoms with E-state index in [0.29, 0.717) is 11.4 Å². The lowest BCUT2D eigenvalue weighted by atomic mass is 10.2. The second-order valence-electron chi connectivity index (χ2n) is 4.51. The predicted octanol–water partition coefficient (Wildman–Crippen LogP) is 3.39. The number of furan rings is 1. The average Bonchev–Trinajstić information content (AvgIpc) is 3.08. The molecule has 3 rings (SSSR count). The lowest BCUT2D eigenvalue weighted by Gasteiger charge is -2.04. The summed E-state index contributed by atoms with van der Waals surface area (Å²) in [6.45, 7) is 0. The molecule has 1 amide bonds. The van der Waals surface area contributed by atoms with Gasteiger partial charge in [-0.05, 0) is 42.5 Å². The highest BCUT2D eigenvalue weighted by Gasteiger charge is 2.01. The Kier molecular flexibility index (Phi) is 4.06. The molecule has 22 heavy (non-hydrogen) atoms. The minimum atomic E-state index is -0.241. The smallest absolute Gasteiger partial charge is 0.248 e. The zero-order valence-electron chi connectivity index (χ0n) is 11.6. The fraction of sp³-hybridized carbons (Fsp3) is 0. The summed E-state index contributed by atoms with van der Waals surface area (Å²) in [4.78, 5) is 20.1. The molecule has 0 saturated carbocycles. The van der Waals surface area contributed by atoms with Crippen LogP contribution in [0.5, 0.6) is 0 Å². The molecule has 0 aliphatic carbocycles. The van der Waals surface area contributed by atoms with Crippen molar-refractivity contribution in [3.8, 4) is 11.3 Å². The molecule has 0 saturated heterocycles. The largest absolute Gasteiger partial charge is 0.465 e. The van der Waals surface area contributed by atoms with Crippen LogP contribution in [0, 0.1) is 0 Å². The third-order valence-corrected chi connectivity index (χ3v) is 2.95. The van der Waals surface area contributed by atoms with E-state index in [1.807, 2.05) is 18.2 Å². The van der Waals surface area contributed by atoms with Gasteiger partial charge in [0.2, 0.25) is 5.91 Å². The third kappa shape index (κ3) is 3.46. The van der Waals surface area contributed by atoms with Crippen molar-refractivity contribution < 1.29 is 9.21 Å². The minimum Gasteiger partial charge on any atom is -0.465 e. The predicted molar refractivity (Wildman–Crippen MR) is 83.8 cm³/mol. The maximum atomic E-state index is 11.8. The van der Waals surface area contributed by atoms with Crippen molar-refractivity contribution in [3.05, 3.63) is 73.1 Å². The van der Waals surface area contributed by atoms with Gasteiger partial charge in [0.15, 0.2) is 0 Å². The van der Waals surface area contributed by atoms with Gasteiger partial charge in [0.05, 0.1) is 23.8 Å². The number of carbonyl (C=O) groups excluding carboxylic acids is 1. The second kappa shape index (κ2) is 6.49. The molecule has 3 aromatic rings. The molecule has 0 spiro atoms. The van der Waals surface area contributed by atoms with Gasteiger partial charge in [-0.2, -0.15) is 0 Å². The van der Waals surface area contributed by atoms with Crippen LogP contribution in [-0.2, 0) is 4.79 Å². The van der Waals surface area contributed by atoms with E-state index in [0.717, 1.165) is 11.3 Å². The van der Waals surface area contributed by atoms with E-state index >= 15 is 0 Å². The third-order valence-electron chi connectivity index (χ3n) is 2.95. The molecule has 0 aromatic carbocycles. The number of hydrogen-bond donors (Lipinski definition) is 1. The highest BCUT2D eigenvalue weighted by atomic mass is 16.3. The van der Waals surface area contributed by atoms with Crippen molar-refractivity contribution in [2.24, 2.45) is 0 Å². The standard InChI is InChI=1S/C17H13N3O2/c21-17(6-4-15-2-1-11-22-15)20-14-3-5-16(19-12-14)13-7-9-18-10-8-13/h1-12H,(H,20,21). The molecule has 0 aliphatic heterocycles. The Labute approximate surface area is 127 Å². The van der Waals surface area contributed by atoms with Crippen molar-refractivity contribution in [2.45, 2.75) is 0 Å². The number of anilines is 1. The van der Waals surface area contributed by atoms with Crippen LogP contribution in [-0.4, -0.2) is 15.9 Å². The van der Waals surface area contributed by atoms with Gasteiger partial charge < -0.3 is 9.73 Å². The quantitative estimate of drug-likeness (QED) is 0.748. The first-order valence-corrected chi connectivity index (χ1v) is 6.70. The molecular weight excluding hydrogens is 278 g/mol. The number of aromatic nitrogens is 2. The Balaban J connectivity index is 1.65. The summed E-state index contributed by atoms with van der Waals surface area (Å²) in [6.07, 6.45) is 9.62. The fourth-order valence-electron chi connectivity index (χ4n) is 1.89. The summed E-state index contributed by atoms with van der Waals surface area (Å²) < 4.78 is 5.11. The molecule has 0 radical (unpaired) electrons. The van der Waals surface area contributed by atoms with Crippen molar-refractivity contribution in [1.82, 2.24) is 9.97 Å². The lowest BCUT2D eigenvalue weighted by Crippen LogP contribution is -2.07. The van der Waals surface area contributed by atoms with E-state index in [2.05, 4.69) is 15.3 Å². The van der Waals surface area contributed by atoms with Crippen molar-refractivity contribution in [2.75, 3.05) is 5.32 Å². The highest BCUT2D eigenvalue weighted by molar-refractivity contribution is 6.01. The molecule has 3 heterocycles. The van der Waals surface area contributed by atoms with Crippen LogP contribution in [0.2, 0.25) is 0 Å². The van der Waals surface area contributed by atoms with Gasteiger partial charge in [-0.25, -0.2) is 0 Å². The van der Waals surface area contributed by atoms with E-state index in [9.17, 15) is 4.79 Å². The molecule has 0 bridgehead atoms. The van der Waals surface area contributed by atoms with Gasteiger partial charge in [-0.15, -0.1) is 0 Å². The van der Waals surface area contributed by atoms with Crippen molar-refractivity contribution in [1.29, 1.82) is 0 Å². The first kappa shape index (κ1) is 13.8. The Morgan fingerprint density at radius 2 is 2.00 bits per heavy atom. The maximum Gasteiger partial charge on any atom is 0.248 e. The molecule has 0 aliphatic rings. The Hall–Kier alpha value is -3.21. The molecule has 1 N–H and O–H groups in total. The fourth-order valence-corrected chi connectivity index (χ4v) is 1.89. The first-order chi connectivity index (χ1) is 10.8. The van der Waals surface area contributed by atoms with Crippen molar-refractivity contribution >= 4 is 17.7 Å². The Morgan fingerprint density at radius 3 is 2.68 bits per heavy atom. The SMILES string of the molecule is O=C(C=Cc1ccco1)Nc1ccc(-c2ccncc2)nc1. The molecule has 5 nitrogen and oxygen atoms in total. The van der Waals surface area contributed by atoms with E-state index in [-0.39, 0.29) is 5.91 Å². The van der Waals surface area contributed by atoms with Crippen LogP contribution in [0.1, 0.15) is 5.76 Å². The van der Waals surface area contributed by atoms with Crippen LogP contribution in [0.15, 0.2) is 71.7 Å². The van der Waals surface area contributed by atoms with Gasteiger partial charge in [0, 0.05) is 24.0 Å². The van der Waals surface area contributed by atoms with E-state index in [1.165, 1.54) is 6.08 Å². The van der Waals surface area contributed by atoms with Gasteiger partial charge in [0.25, 0.3) is 0 Å². The number of nitrogens with one attached hydrogen (secondary N) is 1. The first-order valence-electron chi connectivity index (χ1n) is 6.70. The summed E-state index contributed by atoms with van der Waals surface area (Å²) in [7, 11) is 0. The summed E-state index contributed by atoms with van der Waals surface area (Å²) in [5.74, 6) is 0.385. The Bertz CT molecular complexity index is 763. The molecule has 0 unspecified atom stereocenters. The van der Waals surface area contributed by atoms with Gasteiger partial charge in [-0.3, -0.25) is 14.8 Å². The van der Waals surface area contributed by atoms with Gasteiger partial charge in [-0.1, -0.05) is 0 Å². The van der Waals surface area contributed by atoms with Crippen LogP contribution >= 0.6 is 0 Å². The monoisotopic (exact) mass is 291 g/mol. The number of hydrogen-bond acceptors (Lipinski definition) is 4. The highest BCUT2D eigenvalue weighted by Crippen LogP contribution is 2.17. The van der Waals surface area contributed by atoms with E-state index in [4.69, 9.17) is 4.42 Å². The van der Waals surface area contributed by atoms with Gasteiger partial charge >= 0.3 is 0 Å². The summed E-state index contributed by atoms with van der Waals surface area (Å²) in [5.41, 5.74) is 2.43. The van der Waals surface area contributed by atoms with E-state index in [1.54, 1.807) is 49.1 Å². The maximum absolute atomic E-state index is 11.8. The van der Waals surface area contributed by atoms with E-state index < -0.39 is 0 Å². The Morgan fingerprint density at radius 1 is 1.14 bits per heavy atom. The topological polar surface area (TPSA) is 68.0 Å². The molecule has 0 atom stereocenters. The lowest BCUT2D eigenvalue weighted by molar-refractivity contribution is -0.111. The van der Waals surface area contributed by atoms with Crippen molar-refractivity contribution in [3.63, 3.8) is 0 Å². The van der Waals surface area contributed by atoms with Crippen LogP contribution < -0.4 is 5.32 Å². The summed E-state index contributed by atoms with van der Waals surface area (Å²) in [5, 5.41) is 2.74. The molecule has 3 aromatic heterocycles. The molecule has 108 valence electrons. The second-order valence-corrected chi connectivity index (χ2v) is 4.51. The number of nitrogens with zero attached hydrogens (tertiary/aromatic N) is 2. The van der Waals surface area contributed by atoms with Crippen LogP contribution in [0.4, 0.5) is 5.69 Å². The molecule has 5 heteroatoms. The minimum absolute atomic E-state index is 0.241. The summed E-state index contributed by atoms with van der Waals surface area (Å²) in [6, 6.07) is 11.0. The number of carbonyl (C=O) groups is 1. The molecule has 0 fully saturated rings. The van der Waals surface area contributed by atoms with Crippen LogP contribution in [0.3, 0.4) is 0 Å². The number of pyridine rings is 2.